The highest BCUT2D eigenvalue weighted by Gasteiger charge is 2.49. The fourth-order valence-corrected chi connectivity index (χ4v) is 5.26. The predicted octanol–water partition coefficient (Wildman–Crippen LogP) is 4.02. The van der Waals surface area contributed by atoms with Crippen LogP contribution in [0.3, 0.4) is 0 Å². The van der Waals surface area contributed by atoms with Gasteiger partial charge in [-0.05, 0) is 64.2 Å². The Balaban J connectivity index is 1.46. The smallest absolute Gasteiger partial charge is 0.247 e. The molecule has 3 aromatic rings. The molecule has 11 heteroatoms. The van der Waals surface area contributed by atoms with Crippen molar-refractivity contribution in [2.75, 3.05) is 68.3 Å². The Morgan fingerprint density at radius 2 is 1.95 bits per heavy atom. The van der Waals surface area contributed by atoms with Crippen molar-refractivity contribution in [2.24, 2.45) is 0 Å². The first kappa shape index (κ1) is 27.3. The molecule has 1 fully saturated rings. The number of pyridine rings is 2. The maximum Gasteiger partial charge on any atom is 0.247 e. The minimum Gasteiger partial charge on any atom is -0.479 e. The quantitative estimate of drug-likeness (QED) is 0.364. The molecule has 2 aliphatic rings. The van der Waals surface area contributed by atoms with Crippen molar-refractivity contribution in [3.05, 3.63) is 54.5 Å². The number of hydrogen-bond acceptors (Lipinski definition) is 10. The van der Waals surface area contributed by atoms with Crippen molar-refractivity contribution in [1.82, 2.24) is 24.8 Å². The second-order valence-corrected chi connectivity index (χ2v) is 10.7. The lowest BCUT2D eigenvalue weighted by Crippen LogP contribution is -2.38. The van der Waals surface area contributed by atoms with Crippen molar-refractivity contribution in [3.63, 3.8) is 0 Å². The maximum absolute atomic E-state index is 12.3. The number of nitrogens with one attached hydrogen (secondary N) is 2. The highest BCUT2D eigenvalue weighted by Crippen LogP contribution is 2.53. The molecule has 11 nitrogen and oxygen atoms in total. The molecule has 3 aromatic heterocycles. The van der Waals surface area contributed by atoms with Gasteiger partial charge >= 0.3 is 0 Å². The number of aryl methyl sites for hydroxylation is 1. The van der Waals surface area contributed by atoms with Gasteiger partial charge in [-0.25, -0.2) is 4.98 Å². The van der Waals surface area contributed by atoms with Crippen LogP contribution in [0.1, 0.15) is 30.7 Å². The van der Waals surface area contributed by atoms with E-state index < -0.39 is 0 Å². The van der Waals surface area contributed by atoms with Crippen LogP contribution in [0.25, 0.3) is 0 Å². The van der Waals surface area contributed by atoms with E-state index in [1.165, 1.54) is 18.2 Å². The first-order valence-corrected chi connectivity index (χ1v) is 13.5. The summed E-state index contributed by atoms with van der Waals surface area (Å²) < 4.78 is 5.64. The summed E-state index contributed by atoms with van der Waals surface area (Å²) in [7, 11) is 7.50. The lowest BCUT2D eigenvalue weighted by Gasteiger charge is -2.38. The molecular weight excluding hydrogens is 506 g/mol. The monoisotopic (exact) mass is 543 g/mol. The summed E-state index contributed by atoms with van der Waals surface area (Å²) in [5.74, 6) is 1.79. The molecule has 1 saturated carbocycles. The van der Waals surface area contributed by atoms with Crippen LogP contribution in [-0.4, -0.2) is 78.6 Å². The summed E-state index contributed by atoms with van der Waals surface area (Å²) >= 11 is 0. The molecule has 0 saturated heterocycles. The zero-order valence-electron chi connectivity index (χ0n) is 23.9. The van der Waals surface area contributed by atoms with Crippen molar-refractivity contribution in [3.8, 4) is 5.88 Å². The van der Waals surface area contributed by atoms with Crippen LogP contribution in [0.4, 0.5) is 34.6 Å². The molecular formula is C29H37N9O2. The number of amides is 1. The number of rotatable bonds is 10. The van der Waals surface area contributed by atoms with Crippen molar-refractivity contribution >= 4 is 40.6 Å². The van der Waals surface area contributed by atoms with Gasteiger partial charge in [0, 0.05) is 44.0 Å². The molecule has 1 spiro atoms. The van der Waals surface area contributed by atoms with E-state index in [0.717, 1.165) is 43.1 Å². The Morgan fingerprint density at radius 1 is 1.15 bits per heavy atom. The zero-order valence-corrected chi connectivity index (χ0v) is 23.9. The van der Waals surface area contributed by atoms with E-state index in [4.69, 9.17) is 19.7 Å². The largest absolute Gasteiger partial charge is 0.479 e. The second-order valence-electron chi connectivity index (χ2n) is 10.7. The minimum absolute atomic E-state index is 0.0970. The average molecular weight is 544 g/mol. The molecule has 5 rings (SSSR count). The van der Waals surface area contributed by atoms with Crippen LogP contribution in [-0.2, 0) is 10.2 Å². The molecule has 2 N–H and O–H groups in total. The first-order valence-electron chi connectivity index (χ1n) is 13.5. The Morgan fingerprint density at radius 3 is 2.62 bits per heavy atom. The van der Waals surface area contributed by atoms with Gasteiger partial charge < -0.3 is 30.1 Å². The third kappa shape index (κ3) is 5.29. The number of carbonyl (C=O) groups is 1. The van der Waals surface area contributed by atoms with E-state index in [0.29, 0.717) is 35.6 Å². The molecule has 0 bridgehead atoms. The van der Waals surface area contributed by atoms with Gasteiger partial charge in [0.15, 0.2) is 5.82 Å². The van der Waals surface area contributed by atoms with Crippen molar-refractivity contribution < 1.29 is 9.53 Å². The highest BCUT2D eigenvalue weighted by molar-refractivity contribution is 6.01. The Hall–Kier alpha value is -4.25. The molecule has 0 atom stereocenters. The number of hydrogen-bond donors (Lipinski definition) is 2. The Kier molecular flexibility index (Phi) is 7.57. The van der Waals surface area contributed by atoms with Crippen LogP contribution in [0.2, 0.25) is 0 Å². The molecule has 0 aromatic carbocycles. The molecule has 40 heavy (non-hydrogen) atoms. The summed E-state index contributed by atoms with van der Waals surface area (Å²) in [6.07, 6.45) is 6.46. The van der Waals surface area contributed by atoms with E-state index >= 15 is 0 Å². The number of aromatic nitrogens is 4. The van der Waals surface area contributed by atoms with Gasteiger partial charge in [-0.1, -0.05) is 13.0 Å². The standard InChI is InChI=1S/C29H37N9O2/c1-7-24(39)32-20-17-21(27(40-6)35-26(20)37(5)16-15-36(3)4)33-28-30-14-11-23(34-28)38-18-29(12-8-13-29)25-22(38)10-9-19(2)31-25/h7,9-11,14,17H,1,8,12-13,15-16,18H2,2-6H3,(H,32,39)(H,30,33,34). The topological polar surface area (TPSA) is 112 Å². The number of likely N-dealkylation sites (N-methyl/N-ethyl adjacent to an activating group) is 2. The van der Waals surface area contributed by atoms with Gasteiger partial charge in [0.2, 0.25) is 17.7 Å². The molecule has 4 heterocycles. The minimum atomic E-state index is -0.333. The molecule has 0 unspecified atom stereocenters. The number of anilines is 6. The SMILES string of the molecule is C=CC(=O)Nc1cc(Nc2nccc(N3CC4(CCC4)c4nc(C)ccc43)n2)c(OC)nc1N(C)CCN(C)C. The van der Waals surface area contributed by atoms with Crippen molar-refractivity contribution in [1.29, 1.82) is 0 Å². The number of methoxy groups -OCH3 is 1. The number of carbonyl (C=O) groups excluding carboxylic acids is 1. The fourth-order valence-electron chi connectivity index (χ4n) is 5.26. The zero-order chi connectivity index (χ0) is 28.4. The Labute approximate surface area is 235 Å². The summed E-state index contributed by atoms with van der Waals surface area (Å²) in [4.78, 5) is 37.5. The van der Waals surface area contributed by atoms with Gasteiger partial charge in [0.25, 0.3) is 0 Å². The summed E-state index contributed by atoms with van der Waals surface area (Å²) in [6, 6.07) is 7.90. The summed E-state index contributed by atoms with van der Waals surface area (Å²) in [5.41, 5.74) is 4.46. The van der Waals surface area contributed by atoms with Crippen LogP contribution in [0, 0.1) is 6.92 Å². The Bertz CT molecular complexity index is 1420. The maximum atomic E-state index is 12.3. The lowest BCUT2D eigenvalue weighted by atomic mass is 9.67. The van der Waals surface area contributed by atoms with Gasteiger partial charge in [-0.3, -0.25) is 9.78 Å². The van der Waals surface area contributed by atoms with Crippen LogP contribution in [0.5, 0.6) is 5.88 Å². The van der Waals surface area contributed by atoms with E-state index in [1.54, 1.807) is 19.4 Å². The fraction of sp³-hybridized carbons (Fsp3) is 0.414. The van der Waals surface area contributed by atoms with Gasteiger partial charge in [0.1, 0.15) is 11.5 Å². The van der Waals surface area contributed by atoms with E-state index in [-0.39, 0.29) is 11.3 Å². The molecule has 1 aliphatic heterocycles. The lowest BCUT2D eigenvalue weighted by molar-refractivity contribution is -0.111. The van der Waals surface area contributed by atoms with E-state index in [2.05, 4.69) is 44.1 Å². The molecule has 210 valence electrons. The highest BCUT2D eigenvalue weighted by atomic mass is 16.5. The third-order valence-electron chi connectivity index (χ3n) is 7.59. The van der Waals surface area contributed by atoms with Gasteiger partial charge in [-0.2, -0.15) is 9.97 Å². The number of nitrogens with zero attached hydrogens (tertiary/aromatic N) is 7. The molecule has 1 aliphatic carbocycles. The number of ether oxygens (including phenoxy) is 1. The average Bonchev–Trinajstić information content (AvgIpc) is 3.27. The molecule has 0 radical (unpaired) electrons. The van der Waals surface area contributed by atoms with E-state index in [9.17, 15) is 4.79 Å². The predicted molar refractivity (Wildman–Crippen MR) is 158 cm³/mol. The van der Waals surface area contributed by atoms with Gasteiger partial charge in [-0.15, -0.1) is 0 Å². The second kappa shape index (κ2) is 11.1. The first-order chi connectivity index (χ1) is 19.2. The third-order valence-corrected chi connectivity index (χ3v) is 7.59. The van der Waals surface area contributed by atoms with E-state index in [1.807, 2.05) is 39.0 Å². The van der Waals surface area contributed by atoms with Crippen LogP contribution in [0.15, 0.2) is 43.1 Å². The van der Waals surface area contributed by atoms with Crippen molar-refractivity contribution in [2.45, 2.75) is 31.6 Å². The normalized spacial score (nSPS) is 15.0. The summed E-state index contributed by atoms with van der Waals surface area (Å²) in [5, 5.41) is 6.13. The molecule has 1 amide bonds. The van der Waals surface area contributed by atoms with Crippen LogP contribution >= 0.6 is 0 Å². The number of fused-ring (bicyclic) bond motifs is 2. The van der Waals surface area contributed by atoms with Crippen LogP contribution < -0.4 is 25.2 Å². The summed E-state index contributed by atoms with van der Waals surface area (Å²) in [6.45, 7) is 7.99. The van der Waals surface area contributed by atoms with Gasteiger partial charge in [0.05, 0.1) is 24.2 Å².